The second kappa shape index (κ2) is 34.8. The van der Waals surface area contributed by atoms with Crippen molar-refractivity contribution in [3.8, 4) is 0 Å². The molecule has 20 atom stereocenters. The first kappa shape index (κ1) is 89.8. The number of pyridine rings is 4. The van der Waals surface area contributed by atoms with Crippen molar-refractivity contribution in [2.75, 3.05) is 5.75 Å². The Morgan fingerprint density at radius 2 is 0.689 bits per heavy atom. The summed E-state index contributed by atoms with van der Waals surface area (Å²) in [7, 11) is 0. The number of thioether (sulfide) groups is 1. The van der Waals surface area contributed by atoms with Crippen molar-refractivity contribution >= 4 is 210 Å². The van der Waals surface area contributed by atoms with Gasteiger partial charge in [0.15, 0.2) is 12.5 Å². The van der Waals surface area contributed by atoms with E-state index >= 15 is 0 Å². The quantitative estimate of drug-likeness (QED) is 0.0517. The SMILES string of the molecule is Cc1ncnc2c1ccn2C1CC2(C=CC(c3ccc4cc(Br)c(Cl)nc4c3)C2)C(O)C1O.Cc1ncnc2c1ccn2C1CC2(C=CC(c3ccc4cc(Br)c(Cl)nc4c3)C2)C(O)C1O.Cc1ncnc2c1ccn2C1OC2(C=CC(c3ccc4cc(Br)c(Cl)nc4c3)C2)C(O)C1O.Cc1ncnc2c1ccn2C1OC2(CSC(c3ccc4cc(Br)c(Cl)nc4c3)C2)C(O)C1O. The molecule has 12 aromatic heterocycles. The molecule has 4 spiro atoms. The monoisotopic (exact) mass is 2120 g/mol. The maximum absolute atomic E-state index is 11.2. The van der Waals surface area contributed by atoms with Gasteiger partial charge >= 0.3 is 0 Å². The summed E-state index contributed by atoms with van der Waals surface area (Å²) in [5.41, 5.74) is 11.3. The second-order valence-corrected chi connectivity index (χ2v) is 41.9. The van der Waals surface area contributed by atoms with E-state index in [2.05, 4.69) is 178 Å². The van der Waals surface area contributed by atoms with Crippen molar-refractivity contribution in [2.45, 2.75) is 174 Å². The Morgan fingerprint density at radius 1 is 0.356 bits per heavy atom. The van der Waals surface area contributed by atoms with Crippen LogP contribution in [0, 0.1) is 38.5 Å². The van der Waals surface area contributed by atoms with Crippen molar-refractivity contribution in [3.05, 3.63) is 291 Å². The molecular formula is C97H84Br4Cl4N16O10S. The minimum Gasteiger partial charge on any atom is -0.389 e. The summed E-state index contributed by atoms with van der Waals surface area (Å²) in [5, 5.41) is 98.0. The van der Waals surface area contributed by atoms with Crippen molar-refractivity contribution in [3.63, 3.8) is 0 Å². The molecule has 8 aliphatic rings. The van der Waals surface area contributed by atoms with Crippen LogP contribution in [0.15, 0.2) is 226 Å². The number of aliphatic hydroxyl groups is 8. The highest BCUT2D eigenvalue weighted by atomic mass is 79.9. The molecule has 5 aliphatic carbocycles. The van der Waals surface area contributed by atoms with Gasteiger partial charge in [-0.25, -0.2) is 59.8 Å². The maximum atomic E-state index is 11.2. The zero-order chi connectivity index (χ0) is 91.6. The fourth-order valence-corrected chi connectivity index (χ4v) is 24.6. The number of aromatic nitrogens is 16. The molecule has 15 heterocycles. The fraction of sp³-hybridized carbons (Fsp3) is 0.320. The first-order valence-electron chi connectivity index (χ1n) is 43.1. The van der Waals surface area contributed by atoms with E-state index in [9.17, 15) is 40.9 Å². The third-order valence-electron chi connectivity index (χ3n) is 28.3. The number of halogens is 8. The molecule has 674 valence electrons. The number of fused-ring (bicyclic) bond motifs is 8. The van der Waals surface area contributed by atoms with E-state index in [4.69, 9.17) is 55.9 Å². The molecule has 0 bridgehead atoms. The molecule has 26 nitrogen and oxygen atoms in total. The Labute approximate surface area is 812 Å². The van der Waals surface area contributed by atoms with Crippen molar-refractivity contribution in [2.24, 2.45) is 10.8 Å². The highest BCUT2D eigenvalue weighted by Gasteiger charge is 2.61. The van der Waals surface area contributed by atoms with Gasteiger partial charge in [0, 0.05) is 107 Å². The Kier molecular flexibility index (Phi) is 23.7. The number of ether oxygens (including phenoxy) is 2. The standard InChI is InChI=1S/2C25H22BrClN4O2.C24H20BrClN4O3.C23H20BrClN4O3S/c2*1-13-17-5-7-31(24(17)29-12-28-13)20-11-25(22(33)21(20)32)6-4-16(10-25)14-2-3-15-8-18(26)23(27)30-19(15)9-14;1-12-16-5-7-30(22(16)28-11-27-12)23-19(31)20(32)24(33-23)6-4-15(10-24)13-2-3-14-8-17(25)21(26)29-18(14)9-13;1-11-14-4-5-29(21(14)27-10-26-11)22-18(30)19(31)23(32-22)8-17(33-9-23)13-3-2-12-6-15(24)20(25)28-16(12)7-13/h2*2-9,12,16,20-22,32-33H,10-11H2,1H3;2-9,11,15,19-20,23,31-32H,10H2,1H3;2-7,10,17-19,22,30-31H,8-9H2,1H3. The largest absolute Gasteiger partial charge is 0.389 e. The molecular weight excluding hydrogens is 2040 g/mol. The summed E-state index contributed by atoms with van der Waals surface area (Å²) in [4.78, 5) is 52.5. The Morgan fingerprint density at radius 3 is 1.08 bits per heavy atom. The van der Waals surface area contributed by atoms with Crippen LogP contribution in [0.4, 0.5) is 0 Å². The summed E-state index contributed by atoms with van der Waals surface area (Å²) in [6.45, 7) is 7.72. The van der Waals surface area contributed by atoms with Gasteiger partial charge in [-0.2, -0.15) is 11.8 Å². The number of allylic oxidation sites excluding steroid dienone is 3. The predicted molar refractivity (Wildman–Crippen MR) is 522 cm³/mol. The minimum atomic E-state index is -1.10. The third kappa shape index (κ3) is 15.6. The second-order valence-electron chi connectivity index (χ2n) is 35.8. The molecule has 35 heteroatoms. The first-order valence-corrected chi connectivity index (χ1v) is 48.8. The molecule has 3 saturated heterocycles. The average Bonchev–Trinajstić information content (AvgIpc) is 1.59. The lowest BCUT2D eigenvalue weighted by molar-refractivity contribution is -0.0885. The van der Waals surface area contributed by atoms with Gasteiger partial charge in [-0.1, -0.05) is 131 Å². The average molecular weight is 2130 g/mol. The molecule has 4 aromatic carbocycles. The van der Waals surface area contributed by atoms with E-state index in [1.807, 2.05) is 165 Å². The van der Waals surface area contributed by atoms with Gasteiger partial charge < -0.3 is 68.6 Å². The third-order valence-corrected chi connectivity index (χ3v) is 34.2. The summed E-state index contributed by atoms with van der Waals surface area (Å²) in [6.07, 6.45) is 20.7. The topological polar surface area (TPSA) is 355 Å². The minimum absolute atomic E-state index is 0.00481. The van der Waals surface area contributed by atoms with Crippen molar-refractivity contribution in [1.82, 2.24) is 78.1 Å². The molecule has 3 aliphatic heterocycles. The number of nitrogens with zero attached hydrogens (tertiary/aromatic N) is 16. The Hall–Kier alpha value is -8.75. The van der Waals surface area contributed by atoms with E-state index in [-0.39, 0.29) is 35.1 Å². The van der Waals surface area contributed by atoms with Gasteiger partial charge in [0.25, 0.3) is 0 Å². The Balaban J connectivity index is 0.000000106. The molecule has 0 amide bonds. The predicted octanol–water partition coefficient (Wildman–Crippen LogP) is 19.2. The highest BCUT2D eigenvalue weighted by molar-refractivity contribution is 9.11. The van der Waals surface area contributed by atoms with Gasteiger partial charge in [0.2, 0.25) is 0 Å². The van der Waals surface area contributed by atoms with Gasteiger partial charge in [0.1, 0.15) is 116 Å². The smallest absolute Gasteiger partial charge is 0.165 e. The van der Waals surface area contributed by atoms with Gasteiger partial charge in [-0.05, 0) is 225 Å². The van der Waals surface area contributed by atoms with Gasteiger partial charge in [-0.15, -0.1) is 0 Å². The molecule has 0 radical (unpaired) electrons. The highest BCUT2D eigenvalue weighted by Crippen LogP contribution is 2.59. The molecule has 24 rings (SSSR count). The molecule has 16 aromatic rings. The lowest BCUT2D eigenvalue weighted by atomic mass is 9.80. The van der Waals surface area contributed by atoms with Crippen LogP contribution >= 0.6 is 122 Å². The molecule has 20 unspecified atom stereocenters. The summed E-state index contributed by atoms with van der Waals surface area (Å²) >= 11 is 40.2. The van der Waals surface area contributed by atoms with E-state index in [0.717, 1.165) is 152 Å². The number of benzene rings is 4. The van der Waals surface area contributed by atoms with Crippen molar-refractivity contribution in [1.29, 1.82) is 0 Å². The normalized spacial score (nSPS) is 29.2. The summed E-state index contributed by atoms with van der Waals surface area (Å²) in [6, 6.07) is 39.7. The summed E-state index contributed by atoms with van der Waals surface area (Å²) in [5.74, 6) is 0.840. The zero-order valence-electron chi connectivity index (χ0n) is 70.8. The lowest BCUT2D eigenvalue weighted by Gasteiger charge is -2.27. The van der Waals surface area contributed by atoms with Crippen LogP contribution < -0.4 is 0 Å². The number of rotatable bonds is 8. The van der Waals surface area contributed by atoms with Crippen LogP contribution in [0.1, 0.15) is 131 Å². The fourth-order valence-electron chi connectivity index (χ4n) is 21.1. The van der Waals surface area contributed by atoms with E-state index < -0.39 is 83.3 Å². The van der Waals surface area contributed by atoms with Crippen LogP contribution in [0.2, 0.25) is 20.6 Å². The van der Waals surface area contributed by atoms with Crippen LogP contribution in [0.3, 0.4) is 0 Å². The van der Waals surface area contributed by atoms with Gasteiger partial charge in [0.05, 0.1) is 87.0 Å². The lowest BCUT2D eigenvalue weighted by Crippen LogP contribution is -2.43. The molecule has 5 fully saturated rings. The van der Waals surface area contributed by atoms with Gasteiger partial charge in [-0.3, -0.25) is 0 Å². The number of aliphatic hydroxyl groups excluding tert-OH is 8. The van der Waals surface area contributed by atoms with Crippen LogP contribution in [-0.4, -0.2) is 185 Å². The van der Waals surface area contributed by atoms with Crippen LogP contribution in [-0.2, 0) is 9.47 Å². The number of aryl methyl sites for hydroxylation is 4. The number of hydrogen-bond acceptors (Lipinski definition) is 23. The van der Waals surface area contributed by atoms with E-state index in [0.29, 0.717) is 63.3 Å². The van der Waals surface area contributed by atoms with E-state index in [1.165, 1.54) is 12.7 Å². The molecule has 132 heavy (non-hydrogen) atoms. The molecule has 8 N–H and O–H groups in total. The van der Waals surface area contributed by atoms with Crippen LogP contribution in [0.5, 0.6) is 0 Å². The summed E-state index contributed by atoms with van der Waals surface area (Å²) < 4.78 is 23.4. The van der Waals surface area contributed by atoms with Crippen molar-refractivity contribution < 1.29 is 50.3 Å². The number of hydrogen-bond donors (Lipinski definition) is 8. The van der Waals surface area contributed by atoms with Crippen LogP contribution in [0.25, 0.3) is 87.7 Å². The molecule has 2 saturated carbocycles. The maximum Gasteiger partial charge on any atom is 0.165 e. The first-order chi connectivity index (χ1) is 63.4. The van der Waals surface area contributed by atoms with E-state index in [1.54, 1.807) is 33.6 Å². The zero-order valence-corrected chi connectivity index (χ0v) is 81.0. The Bertz CT molecular complexity index is 6930.